The minimum Gasteiger partial charge on any atom is -0.295 e. The van der Waals surface area contributed by atoms with Gasteiger partial charge in [0, 0.05) is 6.42 Å². The molecule has 0 atom stereocenters. The van der Waals surface area contributed by atoms with Crippen LogP contribution in [0.3, 0.4) is 0 Å². The van der Waals surface area contributed by atoms with Crippen LogP contribution in [0.1, 0.15) is 20.3 Å². The summed E-state index contributed by atoms with van der Waals surface area (Å²) >= 11 is 0. The molecule has 1 aliphatic rings. The Kier molecular flexibility index (Phi) is 2.08. The predicted octanol–water partition coefficient (Wildman–Crippen LogP) is 2.41. The fraction of sp³-hybridized carbons (Fsp3) is 0.300. The first-order valence-corrected chi connectivity index (χ1v) is 3.68. The lowest BCUT2D eigenvalue weighted by atomic mass is 10.0. The molecule has 0 fully saturated rings. The van der Waals surface area contributed by atoms with E-state index in [-0.39, 0.29) is 5.78 Å². The standard InChI is InChI=1S/C10H12O/c1-7(2)9-4-5-10(6-9)8(3)11/h4-5H,1,6H2,2-3H3. The van der Waals surface area contributed by atoms with E-state index in [2.05, 4.69) is 6.58 Å². The van der Waals surface area contributed by atoms with E-state index in [1.165, 1.54) is 5.57 Å². The third kappa shape index (κ3) is 1.67. The van der Waals surface area contributed by atoms with Crippen molar-refractivity contribution in [2.75, 3.05) is 0 Å². The first-order valence-electron chi connectivity index (χ1n) is 3.68. The van der Waals surface area contributed by atoms with Crippen molar-refractivity contribution in [2.24, 2.45) is 0 Å². The largest absolute Gasteiger partial charge is 0.295 e. The zero-order valence-electron chi connectivity index (χ0n) is 6.98. The van der Waals surface area contributed by atoms with E-state index in [0.717, 1.165) is 17.6 Å². The summed E-state index contributed by atoms with van der Waals surface area (Å²) in [5, 5.41) is 0. The molecule has 11 heavy (non-hydrogen) atoms. The molecule has 1 heteroatoms. The van der Waals surface area contributed by atoms with Gasteiger partial charge in [0.05, 0.1) is 0 Å². The number of allylic oxidation sites excluding steroid dienone is 5. The summed E-state index contributed by atoms with van der Waals surface area (Å²) in [5.41, 5.74) is 3.12. The van der Waals surface area contributed by atoms with Gasteiger partial charge in [-0.15, -0.1) is 0 Å². The molecule has 0 radical (unpaired) electrons. The highest BCUT2D eigenvalue weighted by atomic mass is 16.1. The Bertz CT molecular complexity index is 239. The van der Waals surface area contributed by atoms with Crippen molar-refractivity contribution in [1.29, 1.82) is 0 Å². The van der Waals surface area contributed by atoms with Gasteiger partial charge < -0.3 is 0 Å². The van der Waals surface area contributed by atoms with Crippen LogP contribution in [0.15, 0.2) is 35.5 Å². The van der Waals surface area contributed by atoms with E-state index in [0.29, 0.717) is 0 Å². The van der Waals surface area contributed by atoms with Gasteiger partial charge in [-0.1, -0.05) is 24.3 Å². The van der Waals surface area contributed by atoms with E-state index in [9.17, 15) is 4.79 Å². The van der Waals surface area contributed by atoms with E-state index in [1.807, 2.05) is 19.1 Å². The SMILES string of the molecule is C=C(C)C1=CC=C(C(C)=O)C1. The number of carbonyl (C=O) groups is 1. The summed E-state index contributed by atoms with van der Waals surface area (Å²) in [6.07, 6.45) is 4.62. The van der Waals surface area contributed by atoms with Crippen LogP contribution in [0.25, 0.3) is 0 Å². The quantitative estimate of drug-likeness (QED) is 0.587. The van der Waals surface area contributed by atoms with Crippen molar-refractivity contribution < 1.29 is 4.79 Å². The molecule has 1 rings (SSSR count). The van der Waals surface area contributed by atoms with Gasteiger partial charge in [0.1, 0.15) is 0 Å². The molecule has 0 heterocycles. The third-order valence-electron chi connectivity index (χ3n) is 1.87. The minimum atomic E-state index is 0.164. The van der Waals surface area contributed by atoms with Crippen molar-refractivity contribution in [3.63, 3.8) is 0 Å². The fourth-order valence-corrected chi connectivity index (χ4v) is 1.06. The first-order chi connectivity index (χ1) is 5.11. The van der Waals surface area contributed by atoms with E-state index < -0.39 is 0 Å². The van der Waals surface area contributed by atoms with E-state index in [4.69, 9.17) is 0 Å². The second-order valence-corrected chi connectivity index (χ2v) is 2.90. The Labute approximate surface area is 67.1 Å². The average Bonchev–Trinajstić information content (AvgIpc) is 2.33. The maximum atomic E-state index is 10.9. The number of hydrogen-bond acceptors (Lipinski definition) is 1. The molecule has 0 aromatic carbocycles. The summed E-state index contributed by atoms with van der Waals surface area (Å²) in [4.78, 5) is 10.9. The molecular weight excluding hydrogens is 136 g/mol. The van der Waals surface area contributed by atoms with Crippen LogP contribution in [-0.4, -0.2) is 5.78 Å². The highest BCUT2D eigenvalue weighted by Gasteiger charge is 2.11. The molecular formula is C10H12O. The Morgan fingerprint density at radius 3 is 2.18 bits per heavy atom. The molecule has 0 N–H and O–H groups in total. The maximum Gasteiger partial charge on any atom is 0.156 e. The zero-order chi connectivity index (χ0) is 8.43. The normalized spacial score (nSPS) is 15.8. The Hall–Kier alpha value is -1.11. The van der Waals surface area contributed by atoms with Gasteiger partial charge in [0.15, 0.2) is 5.78 Å². The van der Waals surface area contributed by atoms with E-state index in [1.54, 1.807) is 6.92 Å². The molecule has 0 aromatic rings. The summed E-state index contributed by atoms with van der Waals surface area (Å²) in [6, 6.07) is 0. The second-order valence-electron chi connectivity index (χ2n) is 2.90. The topological polar surface area (TPSA) is 17.1 Å². The lowest BCUT2D eigenvalue weighted by molar-refractivity contribution is -0.113. The van der Waals surface area contributed by atoms with Crippen LogP contribution in [0.5, 0.6) is 0 Å². The highest BCUT2D eigenvalue weighted by molar-refractivity contribution is 5.95. The van der Waals surface area contributed by atoms with Crippen LogP contribution in [0.2, 0.25) is 0 Å². The summed E-state index contributed by atoms with van der Waals surface area (Å²) in [6.45, 7) is 7.38. The van der Waals surface area contributed by atoms with E-state index >= 15 is 0 Å². The Morgan fingerprint density at radius 2 is 1.91 bits per heavy atom. The minimum absolute atomic E-state index is 0.164. The number of ketones is 1. The molecule has 58 valence electrons. The Balaban J connectivity index is 2.66. The molecule has 0 saturated carbocycles. The van der Waals surface area contributed by atoms with Crippen molar-refractivity contribution in [3.05, 3.63) is 35.5 Å². The fourth-order valence-electron chi connectivity index (χ4n) is 1.06. The number of rotatable bonds is 2. The molecule has 0 saturated heterocycles. The predicted molar refractivity (Wildman–Crippen MR) is 46.3 cm³/mol. The number of carbonyl (C=O) groups excluding carboxylic acids is 1. The lowest BCUT2D eigenvalue weighted by Crippen LogP contribution is -1.94. The van der Waals surface area contributed by atoms with Crippen LogP contribution in [-0.2, 0) is 4.79 Å². The van der Waals surface area contributed by atoms with Gasteiger partial charge in [-0.3, -0.25) is 4.79 Å². The van der Waals surface area contributed by atoms with Crippen molar-refractivity contribution in [2.45, 2.75) is 20.3 Å². The zero-order valence-corrected chi connectivity index (χ0v) is 6.98. The molecule has 0 spiro atoms. The molecule has 0 amide bonds. The van der Waals surface area contributed by atoms with Gasteiger partial charge in [-0.05, 0) is 25.0 Å². The molecule has 0 unspecified atom stereocenters. The van der Waals surface area contributed by atoms with Crippen LogP contribution >= 0.6 is 0 Å². The van der Waals surface area contributed by atoms with Gasteiger partial charge in [0.25, 0.3) is 0 Å². The van der Waals surface area contributed by atoms with Gasteiger partial charge in [0.2, 0.25) is 0 Å². The monoisotopic (exact) mass is 148 g/mol. The van der Waals surface area contributed by atoms with Gasteiger partial charge >= 0.3 is 0 Å². The van der Waals surface area contributed by atoms with Gasteiger partial charge in [-0.25, -0.2) is 0 Å². The number of Topliss-reactive ketones (excluding diaryl/α,β-unsaturated/α-hetero) is 1. The van der Waals surface area contributed by atoms with Crippen LogP contribution < -0.4 is 0 Å². The van der Waals surface area contributed by atoms with Crippen LogP contribution in [0, 0.1) is 0 Å². The summed E-state index contributed by atoms with van der Waals surface area (Å²) in [7, 11) is 0. The van der Waals surface area contributed by atoms with Crippen molar-refractivity contribution in [3.8, 4) is 0 Å². The van der Waals surface area contributed by atoms with Crippen molar-refractivity contribution in [1.82, 2.24) is 0 Å². The summed E-state index contributed by atoms with van der Waals surface area (Å²) < 4.78 is 0. The molecule has 1 nitrogen and oxygen atoms in total. The summed E-state index contributed by atoms with van der Waals surface area (Å²) in [5.74, 6) is 0.164. The highest BCUT2D eigenvalue weighted by Crippen LogP contribution is 2.24. The lowest BCUT2D eigenvalue weighted by Gasteiger charge is -2.00. The Morgan fingerprint density at radius 1 is 1.36 bits per heavy atom. The van der Waals surface area contributed by atoms with Crippen LogP contribution in [0.4, 0.5) is 0 Å². The molecule has 0 bridgehead atoms. The molecule has 1 aliphatic carbocycles. The van der Waals surface area contributed by atoms with Crippen molar-refractivity contribution >= 4 is 5.78 Å². The second kappa shape index (κ2) is 2.87. The first kappa shape index (κ1) is 7.99. The smallest absolute Gasteiger partial charge is 0.156 e. The third-order valence-corrected chi connectivity index (χ3v) is 1.87. The molecule has 0 aliphatic heterocycles. The number of hydrogen-bond donors (Lipinski definition) is 0. The average molecular weight is 148 g/mol. The van der Waals surface area contributed by atoms with Gasteiger partial charge in [-0.2, -0.15) is 0 Å². The maximum absolute atomic E-state index is 10.9. The molecule has 0 aromatic heterocycles.